The Bertz CT molecular complexity index is 1240. The molecule has 1 amide bonds. The van der Waals surface area contributed by atoms with Crippen molar-refractivity contribution in [1.29, 1.82) is 0 Å². The van der Waals surface area contributed by atoms with Crippen LogP contribution in [0, 0.1) is 6.92 Å². The molecule has 0 aliphatic carbocycles. The molecule has 27 heavy (non-hydrogen) atoms. The molecule has 0 radical (unpaired) electrons. The smallest absolute Gasteiger partial charge is 0.261 e. The molecular weight excluding hydrogens is 384 g/mol. The number of thiophene rings is 1. The molecule has 4 rings (SSSR count). The second-order valence-corrected chi connectivity index (χ2v) is 9.40. The van der Waals surface area contributed by atoms with E-state index in [4.69, 9.17) is 0 Å². The summed E-state index contributed by atoms with van der Waals surface area (Å²) < 4.78 is 23.7. The average molecular weight is 400 g/mol. The Balaban J connectivity index is 1.71. The Morgan fingerprint density at radius 3 is 2.67 bits per heavy atom. The normalized spacial score (nSPS) is 18.0. The molecule has 6 nitrogen and oxygen atoms in total. The Morgan fingerprint density at radius 2 is 2.00 bits per heavy atom. The van der Waals surface area contributed by atoms with Crippen LogP contribution in [0.4, 0.5) is 0 Å². The molecule has 1 aliphatic rings. The fourth-order valence-electron chi connectivity index (χ4n) is 3.12. The van der Waals surface area contributed by atoms with Crippen LogP contribution in [0.5, 0.6) is 0 Å². The number of aryl methyl sites for hydroxylation is 1. The van der Waals surface area contributed by atoms with Crippen LogP contribution in [-0.2, 0) is 9.84 Å². The summed E-state index contributed by atoms with van der Waals surface area (Å²) in [4.78, 5) is 28.7. The lowest BCUT2D eigenvalue weighted by molar-refractivity contribution is 0.0946. The van der Waals surface area contributed by atoms with Crippen molar-refractivity contribution in [2.45, 2.75) is 13.0 Å². The van der Waals surface area contributed by atoms with Crippen LogP contribution >= 0.6 is 11.3 Å². The third kappa shape index (κ3) is 3.33. The molecule has 0 saturated heterocycles. The summed E-state index contributed by atoms with van der Waals surface area (Å²) in [7, 11) is -3.28. The Hall–Kier alpha value is -2.71. The zero-order valence-electron chi connectivity index (χ0n) is 14.4. The Kier molecular flexibility index (Phi) is 4.24. The first-order valence-corrected chi connectivity index (χ1v) is 10.8. The summed E-state index contributed by atoms with van der Waals surface area (Å²) in [5.74, 6) is -0.771. The van der Waals surface area contributed by atoms with Gasteiger partial charge in [0, 0.05) is 10.3 Å². The number of sulfone groups is 1. The predicted octanol–water partition coefficient (Wildman–Crippen LogP) is 2.61. The maximum absolute atomic E-state index is 12.5. The number of hydrogen-bond acceptors (Lipinski definition) is 5. The highest BCUT2D eigenvalue weighted by atomic mass is 32.2. The van der Waals surface area contributed by atoms with E-state index in [1.807, 2.05) is 37.3 Å². The van der Waals surface area contributed by atoms with Crippen LogP contribution in [0.3, 0.4) is 0 Å². The van der Waals surface area contributed by atoms with Crippen molar-refractivity contribution in [3.8, 4) is 10.4 Å². The number of pyridine rings is 1. The lowest BCUT2D eigenvalue weighted by Gasteiger charge is -2.09. The minimum Gasteiger partial charge on any atom is -0.345 e. The van der Waals surface area contributed by atoms with Crippen LogP contribution in [0.2, 0.25) is 0 Å². The Labute approximate surface area is 159 Å². The molecule has 1 atom stereocenters. The van der Waals surface area contributed by atoms with Gasteiger partial charge in [-0.05, 0) is 30.2 Å². The summed E-state index contributed by atoms with van der Waals surface area (Å²) in [6.07, 6.45) is 1.42. The van der Waals surface area contributed by atoms with Crippen molar-refractivity contribution in [1.82, 2.24) is 10.3 Å². The van der Waals surface area contributed by atoms with E-state index in [0.29, 0.717) is 5.52 Å². The molecule has 0 spiro atoms. The van der Waals surface area contributed by atoms with Crippen LogP contribution < -0.4 is 10.9 Å². The average Bonchev–Trinajstić information content (AvgIpc) is 3.14. The van der Waals surface area contributed by atoms with Crippen molar-refractivity contribution in [2.24, 2.45) is 0 Å². The molecule has 8 heteroatoms. The molecule has 138 valence electrons. The zero-order valence-corrected chi connectivity index (χ0v) is 16.0. The first kappa shape index (κ1) is 17.7. The zero-order chi connectivity index (χ0) is 19.2. The fourth-order valence-corrected chi connectivity index (χ4v) is 5.56. The SMILES string of the molecule is Cc1c(-c2ccccc2)sc2cc(C(=O)NC3C=CS(=O)(=O)C3)c(=O)[nH]c12. The second kappa shape index (κ2) is 6.47. The van der Waals surface area contributed by atoms with E-state index in [2.05, 4.69) is 10.3 Å². The van der Waals surface area contributed by atoms with Crippen LogP contribution in [0.1, 0.15) is 15.9 Å². The minimum absolute atomic E-state index is 0.0268. The number of aromatic amines is 1. The standard InChI is InChI=1S/C19H16N2O4S2/c1-11-16-15(26-17(11)12-5-3-2-4-6-12)9-14(19(23)21-16)18(22)20-13-7-8-27(24,25)10-13/h2-9,13H,10H2,1H3,(H,20,22)(H,21,23). The number of aromatic nitrogens is 1. The molecular formula is C19H16N2O4S2. The molecule has 1 aliphatic heterocycles. The van der Waals surface area contributed by atoms with E-state index in [1.165, 1.54) is 17.4 Å². The highest BCUT2D eigenvalue weighted by molar-refractivity contribution is 7.94. The summed E-state index contributed by atoms with van der Waals surface area (Å²) in [5.41, 5.74) is 2.19. The third-order valence-electron chi connectivity index (χ3n) is 4.46. The number of nitrogens with one attached hydrogen (secondary N) is 2. The summed E-state index contributed by atoms with van der Waals surface area (Å²) in [5, 5.41) is 3.67. The number of rotatable bonds is 3. The number of amides is 1. The van der Waals surface area contributed by atoms with Crippen molar-refractivity contribution in [3.05, 3.63) is 69.4 Å². The molecule has 0 bridgehead atoms. The number of fused-ring (bicyclic) bond motifs is 1. The van der Waals surface area contributed by atoms with E-state index in [0.717, 1.165) is 26.1 Å². The highest BCUT2D eigenvalue weighted by Gasteiger charge is 2.25. The van der Waals surface area contributed by atoms with Gasteiger partial charge in [-0.2, -0.15) is 0 Å². The van der Waals surface area contributed by atoms with Crippen LogP contribution in [0.15, 0.2) is 52.7 Å². The van der Waals surface area contributed by atoms with Gasteiger partial charge in [-0.1, -0.05) is 30.3 Å². The van der Waals surface area contributed by atoms with Gasteiger partial charge in [0.2, 0.25) is 0 Å². The summed E-state index contributed by atoms with van der Waals surface area (Å²) in [6.45, 7) is 1.94. The number of carbonyl (C=O) groups excluding carboxylic acids is 1. The van der Waals surface area contributed by atoms with Gasteiger partial charge < -0.3 is 10.3 Å². The molecule has 3 aromatic rings. The minimum atomic E-state index is -3.28. The molecule has 0 saturated carbocycles. The Morgan fingerprint density at radius 1 is 1.26 bits per heavy atom. The largest absolute Gasteiger partial charge is 0.345 e. The second-order valence-electron chi connectivity index (χ2n) is 6.41. The first-order valence-electron chi connectivity index (χ1n) is 8.28. The fraction of sp³-hybridized carbons (Fsp3) is 0.158. The van der Waals surface area contributed by atoms with Crippen molar-refractivity contribution < 1.29 is 13.2 Å². The van der Waals surface area contributed by atoms with E-state index in [1.54, 1.807) is 6.07 Å². The topological polar surface area (TPSA) is 96.1 Å². The van der Waals surface area contributed by atoms with E-state index < -0.39 is 27.3 Å². The molecule has 1 unspecified atom stereocenters. The molecule has 2 aromatic heterocycles. The summed E-state index contributed by atoms with van der Waals surface area (Å²) in [6, 6.07) is 10.8. The number of benzene rings is 1. The van der Waals surface area contributed by atoms with Gasteiger partial charge in [0.15, 0.2) is 9.84 Å². The van der Waals surface area contributed by atoms with Gasteiger partial charge in [-0.25, -0.2) is 8.42 Å². The van der Waals surface area contributed by atoms with Crippen molar-refractivity contribution in [2.75, 3.05) is 5.75 Å². The van der Waals surface area contributed by atoms with E-state index in [-0.39, 0.29) is 11.3 Å². The predicted molar refractivity (Wildman–Crippen MR) is 107 cm³/mol. The van der Waals surface area contributed by atoms with Crippen molar-refractivity contribution >= 4 is 37.3 Å². The number of H-pyrrole nitrogens is 1. The van der Waals surface area contributed by atoms with Crippen molar-refractivity contribution in [3.63, 3.8) is 0 Å². The van der Waals surface area contributed by atoms with Crippen LogP contribution in [0.25, 0.3) is 20.7 Å². The molecule has 2 N–H and O–H groups in total. The highest BCUT2D eigenvalue weighted by Crippen LogP contribution is 2.36. The third-order valence-corrected chi connectivity index (χ3v) is 7.14. The van der Waals surface area contributed by atoms with Gasteiger partial charge in [-0.3, -0.25) is 9.59 Å². The van der Waals surface area contributed by atoms with Gasteiger partial charge in [-0.15, -0.1) is 11.3 Å². The van der Waals surface area contributed by atoms with Gasteiger partial charge in [0.1, 0.15) is 5.56 Å². The molecule has 3 heterocycles. The van der Waals surface area contributed by atoms with Gasteiger partial charge in [0.25, 0.3) is 11.5 Å². The lowest BCUT2D eigenvalue weighted by atomic mass is 10.1. The number of carbonyl (C=O) groups is 1. The van der Waals surface area contributed by atoms with Gasteiger partial charge >= 0.3 is 0 Å². The maximum Gasteiger partial charge on any atom is 0.261 e. The maximum atomic E-state index is 12.5. The van der Waals surface area contributed by atoms with Crippen LogP contribution in [-0.4, -0.2) is 31.1 Å². The molecule has 1 aromatic carbocycles. The van der Waals surface area contributed by atoms with E-state index >= 15 is 0 Å². The van der Waals surface area contributed by atoms with Gasteiger partial charge in [0.05, 0.1) is 22.0 Å². The first-order chi connectivity index (χ1) is 12.8. The lowest BCUT2D eigenvalue weighted by Crippen LogP contribution is -2.38. The van der Waals surface area contributed by atoms with E-state index in [9.17, 15) is 18.0 Å². The quantitative estimate of drug-likeness (QED) is 0.706. The number of hydrogen-bond donors (Lipinski definition) is 2. The summed E-state index contributed by atoms with van der Waals surface area (Å²) >= 11 is 1.50. The monoisotopic (exact) mass is 400 g/mol. The molecule has 0 fully saturated rings.